The van der Waals surface area contributed by atoms with Crippen molar-refractivity contribution in [2.75, 3.05) is 0 Å². The van der Waals surface area contributed by atoms with Gasteiger partial charge >= 0.3 is 0 Å². The van der Waals surface area contributed by atoms with Crippen LogP contribution in [0.25, 0.3) is 10.9 Å². The lowest BCUT2D eigenvalue weighted by molar-refractivity contribution is 0.596. The molecule has 1 aromatic heterocycles. The first-order valence-electron chi connectivity index (χ1n) is 8.57. The number of aryl methyl sites for hydroxylation is 4. The van der Waals surface area contributed by atoms with E-state index in [-0.39, 0.29) is 0 Å². The highest BCUT2D eigenvalue weighted by molar-refractivity contribution is 5.86. The predicted octanol–water partition coefficient (Wildman–Crippen LogP) is 4.42. The van der Waals surface area contributed by atoms with Crippen LogP contribution in [0, 0.1) is 6.92 Å². The van der Waals surface area contributed by atoms with Crippen molar-refractivity contribution in [3.8, 4) is 0 Å². The number of H-pyrrole nitrogens is 1. The van der Waals surface area contributed by atoms with Crippen LogP contribution in [-0.4, -0.2) is 11.0 Å². The van der Waals surface area contributed by atoms with Gasteiger partial charge in [-0.25, -0.2) is 0 Å². The number of nitrogens with two attached hydrogens (primary N) is 1. The SMILES string of the molecule is CCC(N)CCc1c(C)[nH]c2cc3c(cc12)CCCCC3. The van der Waals surface area contributed by atoms with Crippen molar-refractivity contribution in [2.45, 2.75) is 71.3 Å². The number of benzene rings is 1. The van der Waals surface area contributed by atoms with Gasteiger partial charge in [-0.2, -0.15) is 0 Å². The summed E-state index contributed by atoms with van der Waals surface area (Å²) in [5, 5.41) is 1.44. The fourth-order valence-electron chi connectivity index (χ4n) is 3.65. The van der Waals surface area contributed by atoms with Crippen LogP contribution in [-0.2, 0) is 19.3 Å². The Balaban J connectivity index is 1.96. The molecule has 1 unspecified atom stereocenters. The molecule has 1 atom stereocenters. The van der Waals surface area contributed by atoms with Gasteiger partial charge in [-0.15, -0.1) is 0 Å². The van der Waals surface area contributed by atoms with E-state index in [4.69, 9.17) is 5.73 Å². The Morgan fingerprint density at radius 2 is 1.86 bits per heavy atom. The largest absolute Gasteiger partial charge is 0.358 e. The Hall–Kier alpha value is -1.28. The van der Waals surface area contributed by atoms with Gasteiger partial charge in [-0.1, -0.05) is 13.3 Å². The van der Waals surface area contributed by atoms with E-state index in [0.717, 1.165) is 19.3 Å². The fourth-order valence-corrected chi connectivity index (χ4v) is 3.65. The predicted molar refractivity (Wildman–Crippen MR) is 90.9 cm³/mol. The smallest absolute Gasteiger partial charge is 0.0461 e. The van der Waals surface area contributed by atoms with Crippen molar-refractivity contribution in [1.29, 1.82) is 0 Å². The number of aromatic nitrogens is 1. The number of nitrogens with one attached hydrogen (secondary N) is 1. The molecule has 0 fully saturated rings. The summed E-state index contributed by atoms with van der Waals surface area (Å²) in [6.45, 7) is 4.38. The normalized spacial score (nSPS) is 16.7. The van der Waals surface area contributed by atoms with E-state index < -0.39 is 0 Å². The summed E-state index contributed by atoms with van der Waals surface area (Å²) < 4.78 is 0. The molecule has 0 bridgehead atoms. The van der Waals surface area contributed by atoms with Crippen LogP contribution in [0.1, 0.15) is 61.4 Å². The fraction of sp³-hybridized carbons (Fsp3) is 0.579. The molecule has 21 heavy (non-hydrogen) atoms. The van der Waals surface area contributed by atoms with Crippen molar-refractivity contribution in [3.05, 3.63) is 34.5 Å². The molecule has 0 aliphatic heterocycles. The minimum absolute atomic E-state index is 0.329. The van der Waals surface area contributed by atoms with Gasteiger partial charge in [-0.05, 0) is 80.7 Å². The number of hydrogen-bond donors (Lipinski definition) is 2. The number of fused-ring (bicyclic) bond motifs is 2. The highest BCUT2D eigenvalue weighted by Gasteiger charge is 2.14. The zero-order valence-electron chi connectivity index (χ0n) is 13.5. The molecule has 1 aliphatic rings. The third kappa shape index (κ3) is 3.01. The molecule has 0 amide bonds. The lowest BCUT2D eigenvalue weighted by Crippen LogP contribution is -2.19. The topological polar surface area (TPSA) is 41.8 Å². The zero-order valence-corrected chi connectivity index (χ0v) is 13.5. The van der Waals surface area contributed by atoms with E-state index in [0.29, 0.717) is 6.04 Å². The third-order valence-corrected chi connectivity index (χ3v) is 5.12. The van der Waals surface area contributed by atoms with Crippen LogP contribution in [0.2, 0.25) is 0 Å². The molecule has 3 N–H and O–H groups in total. The maximum atomic E-state index is 6.11. The van der Waals surface area contributed by atoms with Crippen molar-refractivity contribution in [3.63, 3.8) is 0 Å². The van der Waals surface area contributed by atoms with Crippen LogP contribution in [0.3, 0.4) is 0 Å². The molecule has 3 rings (SSSR count). The molecule has 2 heteroatoms. The lowest BCUT2D eigenvalue weighted by Gasteiger charge is -2.10. The van der Waals surface area contributed by atoms with Gasteiger partial charge in [0.1, 0.15) is 0 Å². The van der Waals surface area contributed by atoms with Crippen molar-refractivity contribution in [1.82, 2.24) is 4.98 Å². The van der Waals surface area contributed by atoms with Gasteiger partial charge in [0.15, 0.2) is 0 Å². The summed E-state index contributed by atoms with van der Waals surface area (Å²) in [6, 6.07) is 5.20. The third-order valence-electron chi connectivity index (χ3n) is 5.12. The molecule has 0 saturated heterocycles. The lowest BCUT2D eigenvalue weighted by atomic mass is 9.96. The molecule has 2 aromatic rings. The summed E-state index contributed by atoms with van der Waals surface area (Å²) in [5.41, 5.74) is 13.4. The van der Waals surface area contributed by atoms with E-state index in [1.165, 1.54) is 54.3 Å². The maximum Gasteiger partial charge on any atom is 0.0461 e. The van der Waals surface area contributed by atoms with Crippen molar-refractivity contribution in [2.24, 2.45) is 5.73 Å². The molecule has 0 radical (unpaired) electrons. The molecule has 2 nitrogen and oxygen atoms in total. The van der Waals surface area contributed by atoms with Crippen molar-refractivity contribution >= 4 is 10.9 Å². The summed E-state index contributed by atoms with van der Waals surface area (Å²) >= 11 is 0. The second-order valence-corrected chi connectivity index (χ2v) is 6.66. The quantitative estimate of drug-likeness (QED) is 0.802. The monoisotopic (exact) mass is 284 g/mol. The number of rotatable bonds is 4. The first kappa shape index (κ1) is 14.6. The second kappa shape index (κ2) is 6.23. The number of hydrogen-bond acceptors (Lipinski definition) is 1. The summed E-state index contributed by atoms with van der Waals surface area (Å²) in [5.74, 6) is 0. The van der Waals surface area contributed by atoms with Gasteiger partial charge in [-0.3, -0.25) is 0 Å². The Labute approximate surface area is 128 Å². The van der Waals surface area contributed by atoms with Crippen LogP contribution < -0.4 is 5.73 Å². The maximum absolute atomic E-state index is 6.11. The molecule has 0 spiro atoms. The van der Waals surface area contributed by atoms with Crippen molar-refractivity contribution < 1.29 is 0 Å². The van der Waals surface area contributed by atoms with Gasteiger partial charge in [0.2, 0.25) is 0 Å². The standard InChI is InChI=1S/C19H28N2/c1-3-16(20)9-10-17-13(2)21-19-12-15-8-6-4-5-7-14(15)11-18(17)19/h11-12,16,21H,3-10,20H2,1-2H3. The van der Waals surface area contributed by atoms with E-state index in [2.05, 4.69) is 31.0 Å². The summed E-state index contributed by atoms with van der Waals surface area (Å²) in [6.07, 6.45) is 9.81. The zero-order chi connectivity index (χ0) is 14.8. The molecule has 1 heterocycles. The van der Waals surface area contributed by atoms with Crippen LogP contribution >= 0.6 is 0 Å². The first-order chi connectivity index (χ1) is 10.2. The van der Waals surface area contributed by atoms with Crippen LogP contribution in [0.15, 0.2) is 12.1 Å². The van der Waals surface area contributed by atoms with E-state index in [1.807, 2.05) is 0 Å². The Bertz CT molecular complexity index is 624. The van der Waals surface area contributed by atoms with Crippen LogP contribution in [0.4, 0.5) is 0 Å². The van der Waals surface area contributed by atoms with Gasteiger partial charge in [0.05, 0.1) is 0 Å². The Morgan fingerprint density at radius 3 is 2.57 bits per heavy atom. The highest BCUT2D eigenvalue weighted by atomic mass is 14.7. The second-order valence-electron chi connectivity index (χ2n) is 6.66. The minimum atomic E-state index is 0.329. The molecule has 1 aliphatic carbocycles. The summed E-state index contributed by atoms with van der Waals surface area (Å²) in [7, 11) is 0. The molecular weight excluding hydrogens is 256 g/mol. The van der Waals surface area contributed by atoms with Crippen LogP contribution in [0.5, 0.6) is 0 Å². The van der Waals surface area contributed by atoms with Gasteiger partial charge in [0.25, 0.3) is 0 Å². The average molecular weight is 284 g/mol. The van der Waals surface area contributed by atoms with Gasteiger partial charge in [0, 0.05) is 22.6 Å². The summed E-state index contributed by atoms with van der Waals surface area (Å²) in [4.78, 5) is 3.60. The first-order valence-corrected chi connectivity index (χ1v) is 8.57. The highest BCUT2D eigenvalue weighted by Crippen LogP contribution is 2.30. The number of aromatic amines is 1. The average Bonchev–Trinajstić information content (AvgIpc) is 2.64. The minimum Gasteiger partial charge on any atom is -0.358 e. The Morgan fingerprint density at radius 1 is 1.14 bits per heavy atom. The molecular formula is C19H28N2. The van der Waals surface area contributed by atoms with Gasteiger partial charge < -0.3 is 10.7 Å². The van der Waals surface area contributed by atoms with E-state index in [9.17, 15) is 0 Å². The molecule has 114 valence electrons. The molecule has 1 aromatic carbocycles. The van der Waals surface area contributed by atoms with E-state index in [1.54, 1.807) is 11.1 Å². The molecule has 0 saturated carbocycles. The van der Waals surface area contributed by atoms with E-state index >= 15 is 0 Å². The Kier molecular flexibility index (Phi) is 4.34.